The summed E-state index contributed by atoms with van der Waals surface area (Å²) in [6.07, 6.45) is 2.58. The molecular weight excluding hydrogens is 372 g/mol. The summed E-state index contributed by atoms with van der Waals surface area (Å²) in [7, 11) is 0. The number of hydrogen-bond acceptors (Lipinski definition) is 8. The van der Waals surface area contributed by atoms with Crippen LogP contribution < -0.4 is 10.7 Å². The van der Waals surface area contributed by atoms with E-state index in [4.69, 9.17) is 26.8 Å². The molecule has 3 heterocycles. The second-order valence-electron chi connectivity index (χ2n) is 7.83. The lowest BCUT2D eigenvalue weighted by Crippen LogP contribution is -2.63. The first-order valence-corrected chi connectivity index (χ1v) is 9.46. The summed E-state index contributed by atoms with van der Waals surface area (Å²) in [5.41, 5.74) is 5.30. The molecular formula is C17H27ClN6O3. The molecule has 0 aliphatic carbocycles. The first-order valence-electron chi connectivity index (χ1n) is 9.02. The van der Waals surface area contributed by atoms with E-state index in [1.807, 2.05) is 36.9 Å². The number of ether oxygens (including phenoxy) is 2. The highest BCUT2D eigenvalue weighted by Crippen LogP contribution is 2.25. The van der Waals surface area contributed by atoms with Crippen molar-refractivity contribution in [2.24, 2.45) is 11.7 Å². The van der Waals surface area contributed by atoms with Crippen LogP contribution in [0.5, 0.6) is 0 Å². The Morgan fingerprint density at radius 3 is 2.81 bits per heavy atom. The number of hydrazine groups is 1. The summed E-state index contributed by atoms with van der Waals surface area (Å²) in [5, 5.41) is 3.99. The minimum Gasteiger partial charge on any atom is -0.444 e. The Hall–Kier alpha value is -1.68. The number of carbonyl (C=O) groups excluding carboxylic acids is 1. The molecule has 2 aliphatic heterocycles. The van der Waals surface area contributed by atoms with Crippen molar-refractivity contribution in [3.63, 3.8) is 0 Å². The van der Waals surface area contributed by atoms with E-state index in [0.29, 0.717) is 32.8 Å². The normalized spacial score (nSPS) is 24.4. The highest BCUT2D eigenvalue weighted by Gasteiger charge is 2.38. The van der Waals surface area contributed by atoms with Crippen molar-refractivity contribution >= 4 is 23.5 Å². The zero-order chi connectivity index (χ0) is 19.6. The van der Waals surface area contributed by atoms with E-state index >= 15 is 0 Å². The van der Waals surface area contributed by atoms with Gasteiger partial charge in [0, 0.05) is 37.8 Å². The molecule has 0 spiro atoms. The number of nitrogens with two attached hydrogens (primary N) is 1. The molecule has 9 nitrogen and oxygen atoms in total. The summed E-state index contributed by atoms with van der Waals surface area (Å²) in [6.45, 7) is 8.29. The Kier molecular flexibility index (Phi) is 6.05. The van der Waals surface area contributed by atoms with Gasteiger partial charge in [-0.25, -0.2) is 14.8 Å². The monoisotopic (exact) mass is 398 g/mol. The molecule has 1 aromatic rings. The smallest absolute Gasteiger partial charge is 0.410 e. The van der Waals surface area contributed by atoms with Crippen LogP contribution in [0.1, 0.15) is 20.8 Å². The largest absolute Gasteiger partial charge is 0.444 e. The molecule has 0 radical (unpaired) electrons. The van der Waals surface area contributed by atoms with Gasteiger partial charge in [-0.1, -0.05) is 11.6 Å². The van der Waals surface area contributed by atoms with Gasteiger partial charge in [0.25, 0.3) is 0 Å². The van der Waals surface area contributed by atoms with Gasteiger partial charge in [0.2, 0.25) is 0 Å². The molecule has 2 atom stereocenters. The van der Waals surface area contributed by atoms with Crippen molar-refractivity contribution in [1.29, 1.82) is 0 Å². The zero-order valence-corrected chi connectivity index (χ0v) is 16.7. The first-order chi connectivity index (χ1) is 12.7. The quantitative estimate of drug-likeness (QED) is 0.757. The van der Waals surface area contributed by atoms with Crippen molar-refractivity contribution < 1.29 is 14.3 Å². The van der Waals surface area contributed by atoms with Crippen LogP contribution in [0.25, 0.3) is 0 Å². The SMILES string of the molecule is CC(C)(C)OC(=O)N1CC(CN(c2ccncn2)N2CC(Cl)OCC2N)C1. The number of hydrogen-bond donors (Lipinski definition) is 1. The number of carbonyl (C=O) groups is 1. The summed E-state index contributed by atoms with van der Waals surface area (Å²) in [5.74, 6) is 1.01. The molecule has 0 aromatic carbocycles. The van der Waals surface area contributed by atoms with Crippen molar-refractivity contribution in [2.75, 3.05) is 37.8 Å². The summed E-state index contributed by atoms with van der Waals surface area (Å²) in [6, 6.07) is 1.83. The second-order valence-corrected chi connectivity index (χ2v) is 8.32. The molecule has 150 valence electrons. The fourth-order valence-corrected chi connectivity index (χ4v) is 3.29. The van der Waals surface area contributed by atoms with Gasteiger partial charge >= 0.3 is 6.09 Å². The van der Waals surface area contributed by atoms with E-state index in [0.717, 1.165) is 5.82 Å². The van der Waals surface area contributed by atoms with Crippen molar-refractivity contribution in [2.45, 2.75) is 38.1 Å². The lowest BCUT2D eigenvalue weighted by atomic mass is 10.0. The van der Waals surface area contributed by atoms with E-state index in [9.17, 15) is 4.79 Å². The van der Waals surface area contributed by atoms with Crippen LogP contribution in [0.2, 0.25) is 0 Å². The maximum Gasteiger partial charge on any atom is 0.410 e. The molecule has 2 saturated heterocycles. The fourth-order valence-electron chi connectivity index (χ4n) is 3.07. The predicted molar refractivity (Wildman–Crippen MR) is 101 cm³/mol. The van der Waals surface area contributed by atoms with Crippen molar-refractivity contribution in [3.8, 4) is 0 Å². The maximum absolute atomic E-state index is 12.1. The third kappa shape index (κ3) is 5.19. The van der Waals surface area contributed by atoms with E-state index in [1.165, 1.54) is 6.33 Å². The number of morpholine rings is 1. The molecule has 2 unspecified atom stereocenters. The molecule has 3 rings (SSSR count). The van der Waals surface area contributed by atoms with Crippen LogP contribution in [0, 0.1) is 5.92 Å². The number of aromatic nitrogens is 2. The van der Waals surface area contributed by atoms with Crippen LogP contribution in [0.3, 0.4) is 0 Å². The van der Waals surface area contributed by atoms with E-state index in [2.05, 4.69) is 9.97 Å². The average Bonchev–Trinajstić information content (AvgIpc) is 2.55. The lowest BCUT2D eigenvalue weighted by Gasteiger charge is -2.47. The Labute approximate surface area is 164 Å². The molecule has 2 N–H and O–H groups in total. The maximum atomic E-state index is 12.1. The third-order valence-corrected chi connectivity index (χ3v) is 4.61. The predicted octanol–water partition coefficient (Wildman–Crippen LogP) is 1.25. The Balaban J connectivity index is 1.64. The van der Waals surface area contributed by atoms with Gasteiger partial charge in [-0.2, -0.15) is 5.01 Å². The third-order valence-electron chi connectivity index (χ3n) is 4.34. The van der Waals surface area contributed by atoms with Crippen LogP contribution in [0.15, 0.2) is 18.6 Å². The minimum atomic E-state index is -0.495. The van der Waals surface area contributed by atoms with Crippen molar-refractivity contribution in [1.82, 2.24) is 19.9 Å². The molecule has 0 saturated carbocycles. The lowest BCUT2D eigenvalue weighted by molar-refractivity contribution is -0.0378. The molecule has 2 fully saturated rings. The summed E-state index contributed by atoms with van der Waals surface area (Å²) < 4.78 is 10.8. The number of anilines is 1. The van der Waals surface area contributed by atoms with Gasteiger partial charge in [-0.15, -0.1) is 0 Å². The Morgan fingerprint density at radius 2 is 2.19 bits per heavy atom. The zero-order valence-electron chi connectivity index (χ0n) is 15.9. The fraction of sp³-hybridized carbons (Fsp3) is 0.706. The van der Waals surface area contributed by atoms with Gasteiger partial charge < -0.3 is 20.1 Å². The number of amides is 1. The Bertz CT molecular complexity index is 637. The molecule has 10 heteroatoms. The van der Waals surface area contributed by atoms with Crippen molar-refractivity contribution in [3.05, 3.63) is 18.6 Å². The van der Waals surface area contributed by atoms with Gasteiger partial charge in [0.1, 0.15) is 23.3 Å². The Morgan fingerprint density at radius 1 is 1.44 bits per heavy atom. The molecule has 27 heavy (non-hydrogen) atoms. The highest BCUT2D eigenvalue weighted by atomic mass is 35.5. The van der Waals surface area contributed by atoms with Crippen LogP contribution >= 0.6 is 11.6 Å². The number of nitrogens with zero attached hydrogens (tertiary/aromatic N) is 5. The molecule has 2 aliphatic rings. The van der Waals surface area contributed by atoms with Gasteiger partial charge in [-0.3, -0.25) is 5.01 Å². The van der Waals surface area contributed by atoms with E-state index < -0.39 is 11.2 Å². The standard InChI is InChI=1S/C17H27ClN6O3/c1-17(2,3)27-16(25)22-6-12(7-22)8-24(15-4-5-20-11-21-15)23-9-13(18)26-10-14(23)19/h4-5,11-14H,6-10,19H2,1-3H3. The van der Waals surface area contributed by atoms with E-state index in [1.54, 1.807) is 11.1 Å². The number of alkyl halides is 1. The molecule has 1 aromatic heterocycles. The van der Waals surface area contributed by atoms with Crippen LogP contribution in [-0.4, -0.2) is 76.1 Å². The number of rotatable bonds is 4. The average molecular weight is 399 g/mol. The summed E-state index contributed by atoms with van der Waals surface area (Å²) >= 11 is 6.17. The van der Waals surface area contributed by atoms with Gasteiger partial charge in [0.15, 0.2) is 0 Å². The first kappa shape index (κ1) is 20.1. The van der Waals surface area contributed by atoms with Gasteiger partial charge in [0.05, 0.1) is 19.3 Å². The molecule has 1 amide bonds. The minimum absolute atomic E-state index is 0.274. The summed E-state index contributed by atoms with van der Waals surface area (Å²) in [4.78, 5) is 22.2. The van der Waals surface area contributed by atoms with Gasteiger partial charge in [-0.05, 0) is 20.8 Å². The van der Waals surface area contributed by atoms with Crippen LogP contribution in [-0.2, 0) is 9.47 Å². The number of likely N-dealkylation sites (tertiary alicyclic amines) is 1. The number of halogens is 1. The highest BCUT2D eigenvalue weighted by molar-refractivity contribution is 6.19. The van der Waals surface area contributed by atoms with Crippen LogP contribution in [0.4, 0.5) is 10.6 Å². The second kappa shape index (κ2) is 8.14. The molecule has 0 bridgehead atoms. The van der Waals surface area contributed by atoms with E-state index in [-0.39, 0.29) is 18.2 Å². The topological polar surface area (TPSA) is 97.0 Å².